The molecule has 0 radical (unpaired) electrons. The molecule has 2 heterocycles. The number of carboxylic acids is 1. The summed E-state index contributed by atoms with van der Waals surface area (Å²) in [4.78, 5) is 15.7. The number of hydrogen-bond acceptors (Lipinski definition) is 6. The van der Waals surface area contributed by atoms with Gasteiger partial charge < -0.3 is 14.6 Å². The van der Waals surface area contributed by atoms with Crippen molar-refractivity contribution in [3.05, 3.63) is 34.5 Å². The maximum atomic E-state index is 12.4. The number of pyridine rings is 1. The van der Waals surface area contributed by atoms with Gasteiger partial charge in [-0.25, -0.2) is 13.2 Å². The average molecular weight is 400 g/mol. The second kappa shape index (κ2) is 7.48. The maximum absolute atomic E-state index is 12.4. The van der Waals surface area contributed by atoms with Crippen molar-refractivity contribution in [2.24, 2.45) is 5.92 Å². The predicted octanol–water partition coefficient (Wildman–Crippen LogP) is 2.54. The van der Waals surface area contributed by atoms with Crippen LogP contribution in [0.2, 0.25) is 5.02 Å². The fraction of sp³-hybridized carbons (Fsp3) is 0.412. The number of benzene rings is 1. The Labute approximate surface area is 155 Å². The van der Waals surface area contributed by atoms with Crippen LogP contribution in [0.5, 0.6) is 0 Å². The Morgan fingerprint density at radius 2 is 2.27 bits per heavy atom. The standard InChI is InChI=1S/C17H18ClNO6S/c1-26(22,23)16-11-3-2-5-19-15(11)13(17(20)21)14(18)12(16)9-25-8-10-4-6-24-7-10/h2-3,5,10H,4,6-9H2,1H3,(H,20,21). The van der Waals surface area contributed by atoms with E-state index in [0.717, 1.165) is 12.7 Å². The molecule has 9 heteroatoms. The summed E-state index contributed by atoms with van der Waals surface area (Å²) in [5, 5.41) is 9.61. The van der Waals surface area contributed by atoms with Crippen molar-refractivity contribution in [1.29, 1.82) is 0 Å². The fourth-order valence-corrected chi connectivity index (χ4v) is 4.64. The van der Waals surface area contributed by atoms with Crippen LogP contribution in [0, 0.1) is 5.92 Å². The van der Waals surface area contributed by atoms with E-state index in [1.165, 1.54) is 12.3 Å². The van der Waals surface area contributed by atoms with E-state index in [1.807, 2.05) is 0 Å². The van der Waals surface area contributed by atoms with Gasteiger partial charge in [-0.3, -0.25) is 4.98 Å². The van der Waals surface area contributed by atoms with Crippen molar-refractivity contribution in [2.75, 3.05) is 26.1 Å². The normalized spacial score (nSPS) is 17.7. The lowest BCUT2D eigenvalue weighted by Crippen LogP contribution is -2.14. The van der Waals surface area contributed by atoms with E-state index in [9.17, 15) is 18.3 Å². The Balaban J connectivity index is 2.12. The van der Waals surface area contributed by atoms with Gasteiger partial charge in [-0.05, 0) is 18.6 Å². The molecule has 7 nitrogen and oxygen atoms in total. The first-order valence-corrected chi connectivity index (χ1v) is 10.3. The summed E-state index contributed by atoms with van der Waals surface area (Å²) >= 11 is 6.30. The highest BCUT2D eigenvalue weighted by atomic mass is 35.5. The van der Waals surface area contributed by atoms with Gasteiger partial charge in [-0.2, -0.15) is 0 Å². The summed E-state index contributed by atoms with van der Waals surface area (Å²) in [6, 6.07) is 3.08. The van der Waals surface area contributed by atoms with Crippen molar-refractivity contribution < 1.29 is 27.8 Å². The van der Waals surface area contributed by atoms with E-state index in [2.05, 4.69) is 4.98 Å². The average Bonchev–Trinajstić information content (AvgIpc) is 3.07. The second-order valence-corrected chi connectivity index (χ2v) is 8.55. The lowest BCUT2D eigenvalue weighted by molar-refractivity contribution is 0.0696. The maximum Gasteiger partial charge on any atom is 0.339 e. The molecule has 1 saturated heterocycles. The van der Waals surface area contributed by atoms with Crippen LogP contribution in [0.25, 0.3) is 10.9 Å². The van der Waals surface area contributed by atoms with Gasteiger partial charge in [0.2, 0.25) is 0 Å². The van der Waals surface area contributed by atoms with Crippen molar-refractivity contribution in [2.45, 2.75) is 17.9 Å². The molecule has 0 saturated carbocycles. The molecule has 1 unspecified atom stereocenters. The molecule has 0 amide bonds. The number of hydrogen-bond donors (Lipinski definition) is 1. The smallest absolute Gasteiger partial charge is 0.339 e. The monoisotopic (exact) mass is 399 g/mol. The zero-order valence-corrected chi connectivity index (χ0v) is 15.6. The Bertz CT molecular complexity index is 953. The van der Waals surface area contributed by atoms with Gasteiger partial charge >= 0.3 is 5.97 Å². The number of fused-ring (bicyclic) bond motifs is 1. The highest BCUT2D eigenvalue weighted by Crippen LogP contribution is 2.36. The highest BCUT2D eigenvalue weighted by molar-refractivity contribution is 7.91. The summed E-state index contributed by atoms with van der Waals surface area (Å²) in [5.41, 5.74) is -0.0400. The predicted molar refractivity (Wildman–Crippen MR) is 95.4 cm³/mol. The van der Waals surface area contributed by atoms with Gasteiger partial charge in [0.1, 0.15) is 5.56 Å². The van der Waals surface area contributed by atoms with Crippen molar-refractivity contribution in [1.82, 2.24) is 4.98 Å². The van der Waals surface area contributed by atoms with Gasteiger partial charge in [-0.1, -0.05) is 11.6 Å². The molecule has 1 N–H and O–H groups in total. The van der Waals surface area contributed by atoms with Crippen molar-refractivity contribution >= 4 is 38.3 Å². The number of aromatic carboxylic acids is 1. The van der Waals surface area contributed by atoms with Crippen molar-refractivity contribution in [3.8, 4) is 0 Å². The van der Waals surface area contributed by atoms with E-state index < -0.39 is 15.8 Å². The minimum atomic E-state index is -3.70. The number of aromatic nitrogens is 1. The number of rotatable bonds is 6. The molecular weight excluding hydrogens is 382 g/mol. The third-order valence-corrected chi connectivity index (χ3v) is 5.88. The van der Waals surface area contributed by atoms with E-state index >= 15 is 0 Å². The lowest BCUT2D eigenvalue weighted by atomic mass is 10.0. The SMILES string of the molecule is CS(=O)(=O)c1c(COCC2CCOC2)c(Cl)c(C(=O)O)c2ncccc12. The minimum Gasteiger partial charge on any atom is -0.478 e. The molecule has 3 rings (SSSR count). The summed E-state index contributed by atoms with van der Waals surface area (Å²) in [7, 11) is -3.70. The van der Waals surface area contributed by atoms with Crippen LogP contribution in [0.15, 0.2) is 23.2 Å². The Hall–Kier alpha value is -1.74. The molecule has 1 aromatic heterocycles. The van der Waals surface area contributed by atoms with Crippen LogP contribution in [0.4, 0.5) is 0 Å². The van der Waals surface area contributed by atoms with E-state index in [-0.39, 0.29) is 44.5 Å². The molecule has 1 aliphatic heterocycles. The van der Waals surface area contributed by atoms with Crippen molar-refractivity contribution in [3.63, 3.8) is 0 Å². The third kappa shape index (κ3) is 3.68. The number of sulfone groups is 1. The lowest BCUT2D eigenvalue weighted by Gasteiger charge is -2.17. The molecule has 1 aliphatic rings. The first-order chi connectivity index (χ1) is 12.3. The fourth-order valence-electron chi connectivity index (χ4n) is 3.09. The van der Waals surface area contributed by atoms with Crippen LogP contribution in [0.1, 0.15) is 22.3 Å². The second-order valence-electron chi connectivity index (χ2n) is 6.22. The summed E-state index contributed by atoms with van der Waals surface area (Å²) < 4.78 is 35.8. The zero-order valence-electron chi connectivity index (χ0n) is 14.1. The number of carbonyl (C=O) groups is 1. The van der Waals surface area contributed by atoms with Crippen LogP contribution in [-0.2, 0) is 25.9 Å². The molecule has 140 valence electrons. The molecule has 1 aromatic carbocycles. The minimum absolute atomic E-state index is 0.0402. The van der Waals surface area contributed by atoms with Crippen LogP contribution in [0.3, 0.4) is 0 Å². The third-order valence-electron chi connectivity index (χ3n) is 4.26. The summed E-state index contributed by atoms with van der Waals surface area (Å²) in [5.74, 6) is -1.04. The van der Waals surface area contributed by atoms with E-state index in [0.29, 0.717) is 19.8 Å². The van der Waals surface area contributed by atoms with Crippen LogP contribution < -0.4 is 0 Å². The molecular formula is C17H18ClNO6S. The molecule has 1 fully saturated rings. The van der Waals surface area contributed by atoms with Gasteiger partial charge in [-0.15, -0.1) is 0 Å². The zero-order chi connectivity index (χ0) is 18.9. The quantitative estimate of drug-likeness (QED) is 0.796. The van der Waals surface area contributed by atoms with Gasteiger partial charge in [0.15, 0.2) is 9.84 Å². The van der Waals surface area contributed by atoms with Gasteiger partial charge in [0, 0.05) is 35.9 Å². The largest absolute Gasteiger partial charge is 0.478 e. The molecule has 0 bridgehead atoms. The van der Waals surface area contributed by atoms with Crippen LogP contribution in [-0.4, -0.2) is 50.6 Å². The van der Waals surface area contributed by atoms with E-state index in [4.69, 9.17) is 21.1 Å². The first-order valence-electron chi connectivity index (χ1n) is 7.98. The Morgan fingerprint density at radius 1 is 1.50 bits per heavy atom. The Morgan fingerprint density at radius 3 is 2.88 bits per heavy atom. The molecule has 1 atom stereocenters. The molecule has 2 aromatic rings. The summed E-state index contributed by atoms with van der Waals surface area (Å²) in [6.45, 7) is 1.54. The number of halogens is 1. The number of nitrogens with zero attached hydrogens (tertiary/aromatic N) is 1. The number of ether oxygens (including phenoxy) is 2. The van der Waals surface area contributed by atoms with Gasteiger partial charge in [0.25, 0.3) is 0 Å². The molecule has 0 aliphatic carbocycles. The summed E-state index contributed by atoms with van der Waals surface area (Å²) in [6.07, 6.45) is 3.32. The molecule has 26 heavy (non-hydrogen) atoms. The van der Waals surface area contributed by atoms with E-state index in [1.54, 1.807) is 6.07 Å². The number of carboxylic acid groups (broad SMARTS) is 1. The Kier molecular flexibility index (Phi) is 5.47. The topological polar surface area (TPSA) is 103 Å². The first kappa shape index (κ1) is 19.0. The van der Waals surface area contributed by atoms with Crippen LogP contribution >= 0.6 is 11.6 Å². The molecule has 0 spiro atoms. The highest BCUT2D eigenvalue weighted by Gasteiger charge is 2.28. The van der Waals surface area contributed by atoms with Gasteiger partial charge in [0.05, 0.1) is 35.3 Å².